The Morgan fingerprint density at radius 2 is 2.14 bits per heavy atom. The van der Waals surface area contributed by atoms with Gasteiger partial charge in [-0.05, 0) is 38.1 Å². The first-order valence-corrected chi connectivity index (χ1v) is 6.58. The third-order valence-corrected chi connectivity index (χ3v) is 3.20. The minimum atomic E-state index is -0.317. The van der Waals surface area contributed by atoms with Crippen LogP contribution in [0.1, 0.15) is 34.8 Å². The molecule has 0 aliphatic rings. The largest absolute Gasteiger partial charge is 0.343 e. The summed E-state index contributed by atoms with van der Waals surface area (Å²) in [4.78, 5) is 20.6. The first-order chi connectivity index (χ1) is 10.1. The van der Waals surface area contributed by atoms with E-state index in [2.05, 4.69) is 25.0 Å². The summed E-state index contributed by atoms with van der Waals surface area (Å²) in [7, 11) is 0. The number of nitrogens with one attached hydrogen (secondary N) is 1. The fourth-order valence-corrected chi connectivity index (χ4v) is 2.08. The fraction of sp³-hybridized carbons (Fsp3) is 0.200. The lowest BCUT2D eigenvalue weighted by Crippen LogP contribution is -2.27. The highest BCUT2D eigenvalue weighted by atomic mass is 16.5. The van der Waals surface area contributed by atoms with Crippen LogP contribution in [-0.4, -0.2) is 21.0 Å². The quantitative estimate of drug-likeness (QED) is 0.797. The molecule has 2 aromatic heterocycles. The minimum Gasteiger partial charge on any atom is -0.343 e. The number of hydrogen-bond acceptors (Lipinski definition) is 5. The number of aryl methyl sites for hydroxylation is 1. The van der Waals surface area contributed by atoms with Crippen molar-refractivity contribution in [3.05, 3.63) is 53.8 Å². The van der Waals surface area contributed by atoms with E-state index in [1.807, 2.05) is 31.2 Å². The van der Waals surface area contributed by atoms with E-state index in [1.54, 1.807) is 13.0 Å². The average molecular weight is 282 g/mol. The topological polar surface area (TPSA) is 80.9 Å². The Hall–Kier alpha value is -2.76. The number of rotatable bonds is 3. The van der Waals surface area contributed by atoms with Crippen molar-refractivity contribution >= 4 is 16.8 Å². The molecule has 1 atom stereocenters. The molecule has 1 aromatic carbocycles. The van der Waals surface area contributed by atoms with Crippen molar-refractivity contribution in [3.8, 4) is 0 Å². The zero-order valence-electron chi connectivity index (χ0n) is 11.7. The molecule has 21 heavy (non-hydrogen) atoms. The summed E-state index contributed by atoms with van der Waals surface area (Å²) in [5.74, 6) is 0.260. The van der Waals surface area contributed by atoms with Gasteiger partial charge in [0.25, 0.3) is 5.91 Å². The van der Waals surface area contributed by atoms with Crippen LogP contribution in [0.3, 0.4) is 0 Å². The Bertz CT molecular complexity index is 783. The Kier molecular flexibility index (Phi) is 3.35. The van der Waals surface area contributed by atoms with Crippen LogP contribution in [-0.2, 0) is 0 Å². The fourth-order valence-electron chi connectivity index (χ4n) is 2.08. The van der Waals surface area contributed by atoms with Crippen LogP contribution < -0.4 is 5.32 Å². The Morgan fingerprint density at radius 1 is 1.29 bits per heavy atom. The lowest BCUT2D eigenvalue weighted by Gasteiger charge is -2.10. The van der Waals surface area contributed by atoms with E-state index in [4.69, 9.17) is 0 Å². The van der Waals surface area contributed by atoms with Gasteiger partial charge in [-0.1, -0.05) is 11.2 Å². The van der Waals surface area contributed by atoms with Crippen LogP contribution in [0.2, 0.25) is 0 Å². The maximum Gasteiger partial charge on any atom is 0.251 e. The van der Waals surface area contributed by atoms with Crippen molar-refractivity contribution in [1.82, 2.24) is 20.4 Å². The molecule has 0 aliphatic heterocycles. The summed E-state index contributed by atoms with van der Waals surface area (Å²) in [5.41, 5.74) is 2.40. The summed E-state index contributed by atoms with van der Waals surface area (Å²) < 4.78 is 4.67. The van der Waals surface area contributed by atoms with E-state index in [-0.39, 0.29) is 11.9 Å². The molecule has 0 saturated carbocycles. The van der Waals surface area contributed by atoms with Gasteiger partial charge in [0.05, 0.1) is 11.6 Å². The van der Waals surface area contributed by atoms with Gasteiger partial charge in [0, 0.05) is 16.6 Å². The molecular weight excluding hydrogens is 268 g/mol. The van der Waals surface area contributed by atoms with Crippen LogP contribution in [0, 0.1) is 6.92 Å². The Balaban J connectivity index is 1.83. The molecule has 6 nitrogen and oxygen atoms in total. The lowest BCUT2D eigenvalue weighted by atomic mass is 10.1. The van der Waals surface area contributed by atoms with Crippen molar-refractivity contribution in [3.63, 3.8) is 0 Å². The maximum absolute atomic E-state index is 12.2. The second-order valence-corrected chi connectivity index (χ2v) is 4.84. The van der Waals surface area contributed by atoms with Gasteiger partial charge >= 0.3 is 0 Å². The molecule has 3 aromatic rings. The molecular formula is C15H14N4O2. The smallest absolute Gasteiger partial charge is 0.251 e. The third-order valence-electron chi connectivity index (χ3n) is 3.20. The SMILES string of the molecule is Cc1ccc2cc(C(=O)NC(C)c3ncon3)ccc2n1. The van der Waals surface area contributed by atoms with Crippen molar-refractivity contribution in [2.75, 3.05) is 0 Å². The summed E-state index contributed by atoms with van der Waals surface area (Å²) in [5, 5.41) is 7.47. The second kappa shape index (κ2) is 5.32. The number of nitrogens with zero attached hydrogens (tertiary/aromatic N) is 3. The number of pyridine rings is 1. The molecule has 0 bridgehead atoms. The van der Waals surface area contributed by atoms with Gasteiger partial charge < -0.3 is 9.84 Å². The van der Waals surface area contributed by atoms with E-state index >= 15 is 0 Å². The van der Waals surface area contributed by atoms with Crippen LogP contribution >= 0.6 is 0 Å². The van der Waals surface area contributed by atoms with Crippen LogP contribution in [0.15, 0.2) is 41.2 Å². The molecule has 6 heteroatoms. The molecule has 0 saturated heterocycles. The minimum absolute atomic E-state index is 0.185. The van der Waals surface area contributed by atoms with Crippen LogP contribution in [0.4, 0.5) is 0 Å². The van der Waals surface area contributed by atoms with Gasteiger partial charge in [0.2, 0.25) is 6.39 Å². The third kappa shape index (κ3) is 2.74. The van der Waals surface area contributed by atoms with Crippen molar-refractivity contribution in [1.29, 1.82) is 0 Å². The van der Waals surface area contributed by atoms with E-state index in [0.717, 1.165) is 16.6 Å². The van der Waals surface area contributed by atoms with E-state index in [1.165, 1.54) is 6.39 Å². The highest BCUT2D eigenvalue weighted by molar-refractivity contribution is 5.98. The van der Waals surface area contributed by atoms with Crippen molar-refractivity contribution in [2.24, 2.45) is 0 Å². The van der Waals surface area contributed by atoms with E-state index in [9.17, 15) is 4.79 Å². The number of carbonyl (C=O) groups is 1. The maximum atomic E-state index is 12.2. The van der Waals surface area contributed by atoms with Gasteiger partial charge in [-0.15, -0.1) is 0 Å². The Labute approximate surface area is 121 Å². The predicted octanol–water partition coefficient (Wildman–Crippen LogP) is 2.42. The van der Waals surface area contributed by atoms with Gasteiger partial charge in [-0.25, -0.2) is 0 Å². The monoisotopic (exact) mass is 282 g/mol. The molecule has 0 spiro atoms. The normalized spacial score (nSPS) is 12.3. The molecule has 0 radical (unpaired) electrons. The van der Waals surface area contributed by atoms with E-state index < -0.39 is 0 Å². The number of aromatic nitrogens is 3. The molecule has 1 unspecified atom stereocenters. The zero-order valence-corrected chi connectivity index (χ0v) is 11.7. The Morgan fingerprint density at radius 3 is 2.90 bits per heavy atom. The van der Waals surface area contributed by atoms with E-state index in [0.29, 0.717) is 11.4 Å². The number of benzene rings is 1. The standard InChI is InChI=1S/C15H14N4O2/c1-9-3-4-11-7-12(5-6-13(11)17-9)15(20)18-10(2)14-16-8-21-19-14/h3-8,10H,1-2H3,(H,18,20). The predicted molar refractivity (Wildman–Crippen MR) is 76.7 cm³/mol. The highest BCUT2D eigenvalue weighted by Gasteiger charge is 2.15. The zero-order chi connectivity index (χ0) is 14.8. The average Bonchev–Trinajstić information content (AvgIpc) is 3.01. The number of fused-ring (bicyclic) bond motifs is 1. The van der Waals surface area contributed by atoms with Crippen LogP contribution in [0.5, 0.6) is 0 Å². The molecule has 106 valence electrons. The number of hydrogen-bond donors (Lipinski definition) is 1. The first kappa shape index (κ1) is 13.2. The number of carbonyl (C=O) groups excluding carboxylic acids is 1. The van der Waals surface area contributed by atoms with Gasteiger partial charge in [0.1, 0.15) is 0 Å². The number of amides is 1. The van der Waals surface area contributed by atoms with Crippen LogP contribution in [0.25, 0.3) is 10.9 Å². The second-order valence-electron chi connectivity index (χ2n) is 4.84. The summed E-state index contributed by atoms with van der Waals surface area (Å²) in [6.45, 7) is 3.74. The van der Waals surface area contributed by atoms with Gasteiger partial charge in [0.15, 0.2) is 5.82 Å². The molecule has 0 fully saturated rings. The summed E-state index contributed by atoms with van der Waals surface area (Å²) in [6.07, 6.45) is 1.24. The molecule has 1 amide bonds. The van der Waals surface area contributed by atoms with Gasteiger partial charge in [-0.2, -0.15) is 4.98 Å². The highest BCUT2D eigenvalue weighted by Crippen LogP contribution is 2.16. The first-order valence-electron chi connectivity index (χ1n) is 6.58. The summed E-state index contributed by atoms with van der Waals surface area (Å²) >= 11 is 0. The summed E-state index contributed by atoms with van der Waals surface area (Å²) in [6, 6.07) is 8.98. The molecule has 1 N–H and O–H groups in total. The van der Waals surface area contributed by atoms with Crippen molar-refractivity contribution < 1.29 is 9.32 Å². The molecule has 2 heterocycles. The lowest BCUT2D eigenvalue weighted by molar-refractivity contribution is 0.0938. The van der Waals surface area contributed by atoms with Gasteiger partial charge in [-0.3, -0.25) is 9.78 Å². The molecule has 3 rings (SSSR count). The molecule has 0 aliphatic carbocycles. The van der Waals surface area contributed by atoms with Crippen molar-refractivity contribution in [2.45, 2.75) is 19.9 Å².